The Labute approximate surface area is 112 Å². The molecule has 0 aliphatic heterocycles. The van der Waals surface area contributed by atoms with Crippen molar-refractivity contribution in [1.29, 1.82) is 0 Å². The molecule has 0 aromatic carbocycles. The lowest BCUT2D eigenvalue weighted by atomic mass is 10.1. The summed E-state index contributed by atoms with van der Waals surface area (Å²) >= 11 is 0. The molecule has 2 atom stereocenters. The average molecular weight is 275 g/mol. The fraction of sp³-hybridized carbons (Fsp3) is 0.846. The van der Waals surface area contributed by atoms with E-state index in [1.807, 2.05) is 0 Å². The summed E-state index contributed by atoms with van der Waals surface area (Å²) in [5, 5.41) is 10.00. The van der Waals surface area contributed by atoms with Gasteiger partial charge in [0.2, 0.25) is 0 Å². The number of rotatable bonds is 8. The maximum absolute atomic E-state index is 9.78. The van der Waals surface area contributed by atoms with Crippen LogP contribution in [0.25, 0.3) is 0 Å². The van der Waals surface area contributed by atoms with Gasteiger partial charge in [0.05, 0.1) is 6.10 Å². The zero-order chi connectivity index (χ0) is 14.4. The first kappa shape index (κ1) is 17.8. The molecular weight excluding hydrogens is 246 g/mol. The summed E-state index contributed by atoms with van der Waals surface area (Å²) in [6.07, 6.45) is 1.79. The average Bonchev–Trinajstić information content (AvgIpc) is 2.24. The Kier molecular flexibility index (Phi) is 7.32. The third-order valence-corrected chi connectivity index (χ3v) is 8.22. The van der Waals surface area contributed by atoms with E-state index in [-0.39, 0.29) is 5.04 Å². The quantitative estimate of drug-likeness (QED) is 0.309. The van der Waals surface area contributed by atoms with Gasteiger partial charge in [-0.15, -0.1) is 6.58 Å². The molecular formula is C13H29NO3Si. The lowest BCUT2D eigenvalue weighted by Gasteiger charge is -2.36. The van der Waals surface area contributed by atoms with Crippen molar-refractivity contribution in [3.05, 3.63) is 12.7 Å². The Hall–Kier alpha value is -0.203. The van der Waals surface area contributed by atoms with Crippen LogP contribution in [-0.4, -0.2) is 32.2 Å². The fourth-order valence-electron chi connectivity index (χ4n) is 1.30. The standard InChI is InChI=1S/C13H29NO3Si/c1-7-12(17-14)11(15)9-8-10-16-18(5,6)13(2,3)4/h7,11-12,15H,1,8-10,14H2,2-6H3/t11-,12-/m0/s1. The van der Waals surface area contributed by atoms with Gasteiger partial charge < -0.3 is 9.53 Å². The first-order valence-corrected chi connectivity index (χ1v) is 9.36. The monoisotopic (exact) mass is 275 g/mol. The maximum Gasteiger partial charge on any atom is 0.191 e. The number of hydrogen-bond acceptors (Lipinski definition) is 4. The van der Waals surface area contributed by atoms with Crippen LogP contribution in [-0.2, 0) is 9.26 Å². The van der Waals surface area contributed by atoms with Crippen LogP contribution in [0.4, 0.5) is 0 Å². The van der Waals surface area contributed by atoms with Crippen LogP contribution in [0.5, 0.6) is 0 Å². The molecule has 0 aromatic rings. The van der Waals surface area contributed by atoms with Gasteiger partial charge >= 0.3 is 0 Å². The molecule has 0 aromatic heterocycles. The summed E-state index contributed by atoms with van der Waals surface area (Å²) in [7, 11) is -1.68. The highest BCUT2D eigenvalue weighted by atomic mass is 28.4. The Morgan fingerprint density at radius 2 is 1.94 bits per heavy atom. The van der Waals surface area contributed by atoms with Gasteiger partial charge in [0.25, 0.3) is 0 Å². The molecule has 108 valence electrons. The normalized spacial score (nSPS) is 16.4. The van der Waals surface area contributed by atoms with E-state index in [9.17, 15) is 5.11 Å². The second-order valence-corrected chi connectivity index (χ2v) is 11.0. The minimum absolute atomic E-state index is 0.218. The third-order valence-electron chi connectivity index (χ3n) is 3.68. The largest absolute Gasteiger partial charge is 0.417 e. The van der Waals surface area contributed by atoms with Gasteiger partial charge in [-0.1, -0.05) is 26.8 Å². The van der Waals surface area contributed by atoms with Crippen molar-refractivity contribution >= 4 is 8.32 Å². The minimum Gasteiger partial charge on any atom is -0.417 e. The van der Waals surface area contributed by atoms with E-state index in [0.29, 0.717) is 13.0 Å². The third kappa shape index (κ3) is 5.62. The molecule has 0 saturated carbocycles. The lowest BCUT2D eigenvalue weighted by molar-refractivity contribution is -0.0164. The number of aliphatic hydroxyl groups is 1. The summed E-state index contributed by atoms with van der Waals surface area (Å²) in [5.41, 5.74) is 0. The van der Waals surface area contributed by atoms with E-state index >= 15 is 0 Å². The molecule has 5 heteroatoms. The summed E-state index contributed by atoms with van der Waals surface area (Å²) in [4.78, 5) is 4.61. The van der Waals surface area contributed by atoms with Crippen LogP contribution in [0.2, 0.25) is 18.1 Å². The lowest BCUT2D eigenvalue weighted by Crippen LogP contribution is -2.41. The minimum atomic E-state index is -1.68. The zero-order valence-electron chi connectivity index (χ0n) is 12.4. The van der Waals surface area contributed by atoms with E-state index in [0.717, 1.165) is 6.42 Å². The fourth-order valence-corrected chi connectivity index (χ4v) is 2.39. The molecule has 0 heterocycles. The topological polar surface area (TPSA) is 64.7 Å². The van der Waals surface area contributed by atoms with Gasteiger partial charge in [-0.05, 0) is 31.0 Å². The first-order valence-electron chi connectivity index (χ1n) is 6.46. The van der Waals surface area contributed by atoms with E-state index in [2.05, 4.69) is 45.3 Å². The van der Waals surface area contributed by atoms with Gasteiger partial charge in [0.15, 0.2) is 8.32 Å². The summed E-state index contributed by atoms with van der Waals surface area (Å²) in [6, 6.07) is 0. The van der Waals surface area contributed by atoms with Gasteiger partial charge in [0.1, 0.15) is 6.10 Å². The van der Waals surface area contributed by atoms with Crippen LogP contribution in [0.1, 0.15) is 33.6 Å². The van der Waals surface area contributed by atoms with Gasteiger partial charge in [-0.2, -0.15) is 0 Å². The van der Waals surface area contributed by atoms with E-state index < -0.39 is 20.5 Å². The van der Waals surface area contributed by atoms with Crippen LogP contribution in [0, 0.1) is 0 Å². The van der Waals surface area contributed by atoms with Crippen molar-refractivity contribution in [3.63, 3.8) is 0 Å². The molecule has 0 amide bonds. The van der Waals surface area contributed by atoms with E-state index in [1.54, 1.807) is 0 Å². The molecule has 0 rings (SSSR count). The Balaban J connectivity index is 3.97. The van der Waals surface area contributed by atoms with Crippen LogP contribution >= 0.6 is 0 Å². The Bertz CT molecular complexity index is 251. The molecule has 0 aliphatic rings. The highest BCUT2D eigenvalue weighted by Gasteiger charge is 2.36. The Morgan fingerprint density at radius 3 is 2.33 bits per heavy atom. The number of nitrogens with two attached hydrogens (primary N) is 1. The summed E-state index contributed by atoms with van der Waals surface area (Å²) < 4.78 is 6.02. The molecule has 4 nitrogen and oxygen atoms in total. The van der Waals surface area contributed by atoms with Crippen molar-refractivity contribution in [1.82, 2.24) is 0 Å². The smallest absolute Gasteiger partial charge is 0.191 e. The predicted molar refractivity (Wildman–Crippen MR) is 77.6 cm³/mol. The Morgan fingerprint density at radius 1 is 1.39 bits per heavy atom. The SMILES string of the molecule is C=C[C@H](ON)[C@@H](O)CCCO[Si](C)(C)C(C)(C)C. The maximum atomic E-state index is 9.78. The molecule has 0 saturated heterocycles. The van der Waals surface area contributed by atoms with Crippen LogP contribution in [0.3, 0.4) is 0 Å². The van der Waals surface area contributed by atoms with Gasteiger partial charge in [-0.3, -0.25) is 4.84 Å². The van der Waals surface area contributed by atoms with Gasteiger partial charge in [-0.25, -0.2) is 5.90 Å². The molecule has 0 fully saturated rings. The van der Waals surface area contributed by atoms with Crippen molar-refractivity contribution in [2.24, 2.45) is 5.90 Å². The highest BCUT2D eigenvalue weighted by molar-refractivity contribution is 6.74. The second kappa shape index (κ2) is 7.40. The van der Waals surface area contributed by atoms with Crippen molar-refractivity contribution in [2.75, 3.05) is 6.61 Å². The molecule has 18 heavy (non-hydrogen) atoms. The number of hydrogen-bond donors (Lipinski definition) is 2. The predicted octanol–water partition coefficient (Wildman–Crippen LogP) is 2.59. The van der Waals surface area contributed by atoms with E-state index in [1.165, 1.54) is 6.08 Å². The van der Waals surface area contributed by atoms with Crippen molar-refractivity contribution in [2.45, 2.75) is 64.0 Å². The summed E-state index contributed by atoms with van der Waals surface area (Å²) in [6.45, 7) is 15.3. The molecule has 0 spiro atoms. The highest BCUT2D eigenvalue weighted by Crippen LogP contribution is 2.36. The molecule has 0 aliphatic carbocycles. The van der Waals surface area contributed by atoms with Crippen LogP contribution in [0.15, 0.2) is 12.7 Å². The summed E-state index contributed by atoms with van der Waals surface area (Å²) in [5.74, 6) is 5.06. The van der Waals surface area contributed by atoms with E-state index in [4.69, 9.17) is 10.3 Å². The second-order valence-electron chi connectivity index (χ2n) is 6.15. The zero-order valence-corrected chi connectivity index (χ0v) is 13.4. The van der Waals surface area contributed by atoms with Crippen molar-refractivity contribution in [3.8, 4) is 0 Å². The first-order chi connectivity index (χ1) is 8.15. The number of aliphatic hydroxyl groups excluding tert-OH is 1. The molecule has 0 bridgehead atoms. The van der Waals surface area contributed by atoms with Crippen LogP contribution < -0.4 is 5.90 Å². The van der Waals surface area contributed by atoms with Gasteiger partial charge in [0, 0.05) is 6.61 Å². The molecule has 0 radical (unpaired) electrons. The van der Waals surface area contributed by atoms with Crippen molar-refractivity contribution < 1.29 is 14.4 Å². The molecule has 3 N–H and O–H groups in total. The molecule has 0 unspecified atom stereocenters.